The fraction of sp³-hybridized carbons (Fsp3) is 0.368. The third-order valence-corrected chi connectivity index (χ3v) is 7.08. The number of hydrogen-bond donors (Lipinski definition) is 2. The normalized spacial score (nSPS) is 23.9. The molecule has 0 radical (unpaired) electrons. The molecule has 4 rings (SSSR count). The first-order valence-electron chi connectivity index (χ1n) is 8.88. The summed E-state index contributed by atoms with van der Waals surface area (Å²) >= 11 is 7.59. The molecule has 8 nitrogen and oxygen atoms in total. The summed E-state index contributed by atoms with van der Waals surface area (Å²) in [5.74, 6) is -1.70. The Kier molecular flexibility index (Phi) is 6.79. The number of aryl methyl sites for hydroxylation is 1. The van der Waals surface area contributed by atoms with Gasteiger partial charge in [0, 0.05) is 10.3 Å². The molecule has 0 spiro atoms. The van der Waals surface area contributed by atoms with Crippen molar-refractivity contribution < 1.29 is 76.8 Å². The van der Waals surface area contributed by atoms with Gasteiger partial charge in [-0.3, -0.25) is 9.59 Å². The number of fused-ring (bicyclic) bond motifs is 1. The molecule has 2 aliphatic heterocycles. The number of carboxylic acid groups (broad SMARTS) is 1. The molecule has 0 unspecified atom stereocenters. The molecule has 1 aromatic carbocycles. The molecule has 2 aromatic rings. The van der Waals surface area contributed by atoms with E-state index in [1.807, 2.05) is 0 Å². The van der Waals surface area contributed by atoms with E-state index in [-0.39, 0.29) is 64.1 Å². The average Bonchev–Trinajstić information content (AvgIpc) is 3.15. The van der Waals surface area contributed by atoms with Crippen LogP contribution in [0.4, 0.5) is 0 Å². The maximum absolute atomic E-state index is 13.0. The number of nitrogens with zero attached hydrogens (tertiary/aromatic N) is 2. The predicted molar refractivity (Wildman–Crippen MR) is 108 cm³/mol. The zero-order valence-corrected chi connectivity index (χ0v) is 21.5. The zero-order chi connectivity index (χ0) is 21.1. The Balaban J connectivity index is 0.00000171. The number of carbonyl (C=O) groups excluding carboxylic acids is 2. The molecule has 2 fully saturated rings. The molecule has 2 saturated heterocycles. The predicted octanol–water partition coefficient (Wildman–Crippen LogP) is -0.335. The molecule has 0 aliphatic carbocycles. The van der Waals surface area contributed by atoms with Crippen LogP contribution in [0.3, 0.4) is 0 Å². The average molecular weight is 476 g/mol. The number of aliphatic carboxylic acids is 1. The first-order valence-corrected chi connectivity index (χ1v) is 10.1. The number of nitrogens with one attached hydrogen (secondary N) is 1. The van der Waals surface area contributed by atoms with Crippen molar-refractivity contribution in [3.63, 3.8) is 0 Å². The van der Waals surface area contributed by atoms with Crippen LogP contribution in [0.2, 0.25) is 5.02 Å². The van der Waals surface area contributed by atoms with Crippen LogP contribution in [0, 0.1) is 6.92 Å². The van der Waals surface area contributed by atoms with Crippen LogP contribution < -0.4 is 56.7 Å². The van der Waals surface area contributed by atoms with Gasteiger partial charge < -0.3 is 21.3 Å². The third-order valence-electron chi connectivity index (χ3n) is 5.18. The maximum Gasteiger partial charge on any atom is 1.00 e. The van der Waals surface area contributed by atoms with Crippen molar-refractivity contribution >= 4 is 41.1 Å². The van der Waals surface area contributed by atoms with Crippen LogP contribution >= 0.6 is 23.4 Å². The summed E-state index contributed by atoms with van der Waals surface area (Å²) in [5.41, 5.74) is 1.03. The van der Waals surface area contributed by atoms with Gasteiger partial charge in [0.25, 0.3) is 5.91 Å². The van der Waals surface area contributed by atoms with E-state index in [0.29, 0.717) is 16.3 Å². The van der Waals surface area contributed by atoms with Crippen LogP contribution in [0.15, 0.2) is 28.8 Å². The quantitative estimate of drug-likeness (QED) is 0.459. The molecule has 30 heavy (non-hydrogen) atoms. The Morgan fingerprint density at radius 1 is 1.37 bits per heavy atom. The van der Waals surface area contributed by atoms with Gasteiger partial charge in [-0.15, -0.1) is 11.8 Å². The summed E-state index contributed by atoms with van der Waals surface area (Å²) in [7, 11) is 0. The van der Waals surface area contributed by atoms with Crippen molar-refractivity contribution in [3.05, 3.63) is 40.6 Å². The minimum atomic E-state index is -1.06. The molecule has 2 N–H and O–H groups in total. The largest absolute Gasteiger partial charge is 1.00 e. The van der Waals surface area contributed by atoms with Gasteiger partial charge in [-0.1, -0.05) is 35.0 Å². The van der Waals surface area contributed by atoms with E-state index < -0.39 is 40.0 Å². The molecule has 154 valence electrons. The minimum Gasteiger partial charge on any atom is -1.00 e. The Morgan fingerprint density at radius 3 is 2.67 bits per heavy atom. The molecule has 0 saturated carbocycles. The molecule has 0 bridgehead atoms. The summed E-state index contributed by atoms with van der Waals surface area (Å²) < 4.78 is 4.54. The number of carbonyl (C=O) groups is 3. The van der Waals surface area contributed by atoms with E-state index in [4.69, 9.17) is 16.1 Å². The zero-order valence-electron chi connectivity index (χ0n) is 17.8. The third kappa shape index (κ3) is 3.76. The van der Waals surface area contributed by atoms with E-state index in [0.717, 1.165) is 0 Å². The number of β-lactam (4-membered cyclic amide) rings is 1. The number of amides is 2. The fourth-order valence-corrected chi connectivity index (χ4v) is 5.69. The van der Waals surface area contributed by atoms with Gasteiger partial charge in [0.1, 0.15) is 34.5 Å². The summed E-state index contributed by atoms with van der Waals surface area (Å²) in [6.07, 6.45) is 0. The van der Waals surface area contributed by atoms with Crippen molar-refractivity contribution in [2.24, 2.45) is 0 Å². The van der Waals surface area contributed by atoms with Gasteiger partial charge in [0.05, 0.1) is 5.02 Å². The van der Waals surface area contributed by atoms with Crippen LogP contribution in [-0.2, 0) is 9.59 Å². The number of rotatable bonds is 4. The second kappa shape index (κ2) is 8.57. The van der Waals surface area contributed by atoms with Crippen LogP contribution in [0.5, 0.6) is 0 Å². The molecule has 2 aliphatic rings. The van der Waals surface area contributed by atoms with Gasteiger partial charge in [-0.2, -0.15) is 0 Å². The second-order valence-electron chi connectivity index (χ2n) is 7.49. The summed E-state index contributed by atoms with van der Waals surface area (Å²) in [6.45, 7) is 5.16. The molecular weight excluding hydrogens is 457 g/mol. The Bertz CT molecular complexity index is 1050. The second-order valence-corrected chi connectivity index (χ2v) is 9.67. The van der Waals surface area contributed by atoms with Crippen LogP contribution in [0.25, 0.3) is 11.3 Å². The van der Waals surface area contributed by atoms with E-state index in [1.165, 1.54) is 16.7 Å². The van der Waals surface area contributed by atoms with E-state index in [1.54, 1.807) is 45.0 Å². The van der Waals surface area contributed by atoms with Crippen molar-refractivity contribution in [2.75, 3.05) is 0 Å². The Hall–Kier alpha value is -0.884. The van der Waals surface area contributed by atoms with E-state index in [2.05, 4.69) is 10.5 Å². The van der Waals surface area contributed by atoms with Crippen molar-refractivity contribution in [2.45, 2.75) is 43.0 Å². The Morgan fingerprint density at radius 2 is 2.03 bits per heavy atom. The maximum atomic E-state index is 13.0. The van der Waals surface area contributed by atoms with Gasteiger partial charge in [-0.25, -0.2) is 4.79 Å². The van der Waals surface area contributed by atoms with Gasteiger partial charge in [0.15, 0.2) is 0 Å². The first kappa shape index (κ1) is 23.8. The monoisotopic (exact) mass is 475 g/mol. The Labute approximate surface area is 226 Å². The van der Waals surface area contributed by atoms with Crippen LogP contribution in [-0.4, -0.2) is 55.2 Å². The molecule has 3 atom stereocenters. The van der Waals surface area contributed by atoms with Gasteiger partial charge in [0.2, 0.25) is 5.91 Å². The number of benzene rings is 1. The van der Waals surface area contributed by atoms with E-state index in [9.17, 15) is 19.5 Å². The van der Waals surface area contributed by atoms with Gasteiger partial charge in [-0.05, 0) is 26.8 Å². The van der Waals surface area contributed by atoms with Crippen LogP contribution in [0.1, 0.15) is 31.4 Å². The van der Waals surface area contributed by atoms with Crippen molar-refractivity contribution in [1.29, 1.82) is 0 Å². The number of thioether (sulfide) groups is 1. The molecular formula is C19H19ClKN3O5S. The van der Waals surface area contributed by atoms with Crippen molar-refractivity contribution in [1.82, 2.24) is 15.4 Å². The SMILES string of the molecule is Cc1onc(-c2ccccc2Cl)c1C(=O)N[C@@H]1C(=O)N2[C@@H]1SC(C)(C)[C@@H]2C(=O)O.[H-].[K+]. The van der Waals surface area contributed by atoms with Gasteiger partial charge >= 0.3 is 57.4 Å². The fourth-order valence-electron chi connectivity index (χ4n) is 3.84. The number of carboxylic acids is 1. The first-order chi connectivity index (χ1) is 13.6. The molecule has 3 heterocycles. The number of aromatic nitrogens is 1. The standard InChI is InChI=1S/C19H18ClN3O5S.K.H/c1-8-11(12(22-28-8)9-6-4-5-7-10(9)20)15(24)21-13-16(25)23-14(18(26)27)19(2,3)29-17(13)23;;/h4-7,13-14,17H,1-3H3,(H,21,24)(H,26,27);;/q;+1;-1/t13-,14+,17-;;/m1../s1. The number of halogens is 1. The topological polar surface area (TPSA) is 113 Å². The molecule has 1 aromatic heterocycles. The molecule has 2 amide bonds. The minimum absolute atomic E-state index is 0. The number of hydrogen-bond acceptors (Lipinski definition) is 6. The molecule has 11 heteroatoms. The summed E-state index contributed by atoms with van der Waals surface area (Å²) in [6, 6.07) is 5.18. The van der Waals surface area contributed by atoms with E-state index >= 15 is 0 Å². The van der Waals surface area contributed by atoms with Crippen molar-refractivity contribution in [3.8, 4) is 11.3 Å². The smallest absolute Gasteiger partial charge is 1.00 e. The summed E-state index contributed by atoms with van der Waals surface area (Å²) in [4.78, 5) is 38.6. The summed E-state index contributed by atoms with van der Waals surface area (Å²) in [5, 5.41) is 16.2.